The number of halogens is 2. The minimum Gasteiger partial charge on any atom is -0.748 e. The van der Waals surface area contributed by atoms with Crippen LogP contribution in [0.3, 0.4) is 0 Å². The van der Waals surface area contributed by atoms with Gasteiger partial charge in [-0.25, -0.2) is 8.42 Å². The fraction of sp³-hybridized carbons (Fsp3) is 0.125. The highest BCUT2D eigenvalue weighted by molar-refractivity contribution is 7.93. The summed E-state index contributed by atoms with van der Waals surface area (Å²) in [5.41, 5.74) is 4.98. The summed E-state index contributed by atoms with van der Waals surface area (Å²) < 4.78 is 52.2. The van der Waals surface area contributed by atoms with Crippen LogP contribution in [-0.2, 0) is 10.1 Å². The summed E-state index contributed by atoms with van der Waals surface area (Å²) in [6.45, 7) is 1.99. The van der Waals surface area contributed by atoms with Crippen molar-refractivity contribution in [2.45, 2.75) is 0 Å². The van der Waals surface area contributed by atoms with Crippen LogP contribution in [0, 0.1) is 11.3 Å². The summed E-state index contributed by atoms with van der Waals surface area (Å²) in [6.07, 6.45) is 0.604. The molecule has 0 fully saturated rings. The van der Waals surface area contributed by atoms with Crippen LogP contribution in [0.5, 0.6) is 0 Å². The lowest BCUT2D eigenvalue weighted by Crippen LogP contribution is -2.19. The Morgan fingerprint density at radius 1 is 0.958 bits per heavy atom. The van der Waals surface area contributed by atoms with E-state index in [9.17, 15) is 8.39 Å². The lowest BCUT2D eigenvalue weighted by molar-refractivity contribution is 0.470. The quantitative estimate of drug-likeness (QED) is 0.449. The molecule has 0 saturated carbocycles. The summed E-state index contributed by atoms with van der Waals surface area (Å²) in [5.74, 6) is 0. The van der Waals surface area contributed by atoms with E-state index < -0.39 is 25.9 Å². The smallest absolute Gasteiger partial charge is 0.348 e. The van der Waals surface area contributed by atoms with E-state index in [0.717, 1.165) is 10.6 Å². The van der Waals surface area contributed by atoms with Crippen LogP contribution in [0.1, 0.15) is 0 Å². The van der Waals surface area contributed by atoms with Gasteiger partial charge < -0.3 is 4.55 Å². The molecule has 0 unspecified atom stereocenters. The molecule has 0 aliphatic rings. The van der Waals surface area contributed by atoms with E-state index in [1.165, 1.54) is 0 Å². The minimum atomic E-state index is -3.92. The summed E-state index contributed by atoms with van der Waals surface area (Å²) >= 11 is 0. The van der Waals surface area contributed by atoms with Gasteiger partial charge in [-0.1, -0.05) is 36.4 Å². The molecule has 3 nitrogen and oxygen atoms in total. The standard InChI is InChI=1S/C15H13F2P2.CH4O3S/c1-19(13-12-18(16)17,14-8-4-2-5-9-14)15-10-6-3-7-11-15;1-5(2,3)4/h2-11H,1H3;1H3,(H,2,3,4)/q+1;/p-1. The predicted octanol–water partition coefficient (Wildman–Crippen LogP) is 3.62. The highest BCUT2D eigenvalue weighted by Gasteiger charge is 2.36. The van der Waals surface area contributed by atoms with Crippen molar-refractivity contribution in [2.24, 2.45) is 0 Å². The molecule has 0 atom stereocenters. The van der Waals surface area contributed by atoms with Gasteiger partial charge in [0.25, 0.3) is 0 Å². The van der Waals surface area contributed by atoms with Crippen molar-refractivity contribution in [2.75, 3.05) is 12.9 Å². The maximum atomic E-state index is 12.5. The minimum absolute atomic E-state index is 0.604. The molecule has 2 aromatic rings. The number of rotatable bonds is 2. The van der Waals surface area contributed by atoms with Gasteiger partial charge in [0.05, 0.1) is 22.4 Å². The third kappa shape index (κ3) is 7.47. The van der Waals surface area contributed by atoms with E-state index in [1.54, 1.807) is 0 Å². The Balaban J connectivity index is 0.000000505. The summed E-state index contributed by atoms with van der Waals surface area (Å²) in [5, 5.41) is 2.07. The molecule has 2 aromatic carbocycles. The zero-order chi connectivity index (χ0) is 18.2. The zero-order valence-electron chi connectivity index (χ0n) is 13.1. The maximum absolute atomic E-state index is 12.5. The van der Waals surface area contributed by atoms with Gasteiger partial charge in [0.2, 0.25) is 0 Å². The second-order valence-electron chi connectivity index (χ2n) is 4.84. The van der Waals surface area contributed by atoms with Crippen LogP contribution in [0.2, 0.25) is 0 Å². The van der Waals surface area contributed by atoms with Crippen molar-refractivity contribution < 1.29 is 21.4 Å². The third-order valence-electron chi connectivity index (χ3n) is 2.90. The molecule has 0 radical (unpaired) electrons. The van der Waals surface area contributed by atoms with Gasteiger partial charge in [-0.2, -0.15) is 8.39 Å². The van der Waals surface area contributed by atoms with E-state index in [0.29, 0.717) is 6.26 Å². The first kappa shape index (κ1) is 20.7. The molecule has 8 heteroatoms. The Hall–Kier alpha value is -1.37. The van der Waals surface area contributed by atoms with Gasteiger partial charge in [0, 0.05) is 11.9 Å². The van der Waals surface area contributed by atoms with Gasteiger partial charge in [-0.05, 0) is 24.3 Å². The van der Waals surface area contributed by atoms with Crippen LogP contribution < -0.4 is 10.6 Å². The molecular formula is C16H16F2O3P2S. The molecule has 24 heavy (non-hydrogen) atoms. The van der Waals surface area contributed by atoms with Crippen molar-refractivity contribution in [3.8, 4) is 11.3 Å². The van der Waals surface area contributed by atoms with Crippen molar-refractivity contribution in [3.05, 3.63) is 60.7 Å². The van der Waals surface area contributed by atoms with Crippen LogP contribution in [0.4, 0.5) is 8.39 Å². The first-order chi connectivity index (χ1) is 11.1. The summed E-state index contributed by atoms with van der Waals surface area (Å²) in [6, 6.07) is 19.4. The zero-order valence-corrected chi connectivity index (χ0v) is 15.7. The molecule has 0 N–H and O–H groups in total. The van der Waals surface area contributed by atoms with Crippen molar-refractivity contribution in [1.29, 1.82) is 0 Å². The molecule has 0 aliphatic carbocycles. The normalized spacial score (nSPS) is 11.1. The van der Waals surface area contributed by atoms with Gasteiger partial charge in [-0.15, -0.1) is 0 Å². The third-order valence-corrected chi connectivity index (χ3v) is 6.58. The van der Waals surface area contributed by atoms with Crippen molar-refractivity contribution in [3.63, 3.8) is 0 Å². The summed E-state index contributed by atoms with van der Waals surface area (Å²) in [4.78, 5) is 0. The second-order valence-corrected chi connectivity index (χ2v) is 10.2. The van der Waals surface area contributed by atoms with Crippen molar-refractivity contribution in [1.82, 2.24) is 0 Å². The topological polar surface area (TPSA) is 57.2 Å². The van der Waals surface area contributed by atoms with Gasteiger partial charge in [-0.3, -0.25) is 0 Å². The van der Waals surface area contributed by atoms with E-state index in [4.69, 9.17) is 13.0 Å². The lowest BCUT2D eigenvalue weighted by atomic mass is 10.4. The average Bonchev–Trinajstić information content (AvgIpc) is 2.53. The average molecular weight is 388 g/mol. The first-order valence-corrected chi connectivity index (χ1v) is 11.8. The van der Waals surface area contributed by atoms with E-state index >= 15 is 0 Å². The molecule has 128 valence electrons. The molecule has 0 bridgehead atoms. The van der Waals surface area contributed by atoms with Crippen LogP contribution in [0.15, 0.2) is 60.7 Å². The summed E-state index contributed by atoms with van der Waals surface area (Å²) in [7, 11) is -9.15. The molecular weight excluding hydrogens is 372 g/mol. The fourth-order valence-electron chi connectivity index (χ4n) is 1.87. The molecule has 2 rings (SSSR count). The van der Waals surface area contributed by atoms with Crippen LogP contribution in [-0.4, -0.2) is 25.9 Å². The largest absolute Gasteiger partial charge is 0.748 e. The SMILES string of the molecule is CS(=O)(=O)[O-].C[P+](C#CP(F)F)(c1ccccc1)c1ccccc1. The van der Waals surface area contributed by atoms with E-state index in [-0.39, 0.29) is 0 Å². The van der Waals surface area contributed by atoms with Crippen molar-refractivity contribution >= 4 is 36.5 Å². The Kier molecular flexibility index (Phi) is 7.93. The maximum Gasteiger partial charge on any atom is 0.348 e. The highest BCUT2D eigenvalue weighted by atomic mass is 32.2. The predicted molar refractivity (Wildman–Crippen MR) is 97.5 cm³/mol. The lowest BCUT2D eigenvalue weighted by Gasteiger charge is -2.15. The van der Waals surface area contributed by atoms with Gasteiger partial charge in [0.1, 0.15) is 10.6 Å². The first-order valence-electron chi connectivity index (χ1n) is 6.66. The van der Waals surface area contributed by atoms with E-state index in [2.05, 4.69) is 11.3 Å². The van der Waals surface area contributed by atoms with Crippen LogP contribution in [0.25, 0.3) is 0 Å². The molecule has 0 spiro atoms. The number of hydrogen-bond donors (Lipinski definition) is 0. The molecule has 0 saturated heterocycles. The Morgan fingerprint density at radius 2 is 1.29 bits per heavy atom. The van der Waals surface area contributed by atoms with Crippen LogP contribution >= 0.6 is 15.8 Å². The second kappa shape index (κ2) is 9.20. The van der Waals surface area contributed by atoms with Gasteiger partial charge in [0.15, 0.2) is 7.26 Å². The van der Waals surface area contributed by atoms with E-state index in [1.807, 2.05) is 67.3 Å². The molecule has 0 heterocycles. The number of hydrogen-bond acceptors (Lipinski definition) is 3. The highest BCUT2D eigenvalue weighted by Crippen LogP contribution is 2.52. The Bertz CT molecular complexity index is 754. The number of benzene rings is 2. The molecule has 0 aromatic heterocycles. The Labute approximate surface area is 143 Å². The molecule has 0 amide bonds. The fourth-order valence-corrected chi connectivity index (χ4v) is 5.06. The Morgan fingerprint density at radius 3 is 1.58 bits per heavy atom. The monoisotopic (exact) mass is 388 g/mol. The molecule has 0 aliphatic heterocycles. The van der Waals surface area contributed by atoms with Gasteiger partial charge >= 0.3 is 8.54 Å².